The summed E-state index contributed by atoms with van der Waals surface area (Å²) in [5.74, 6) is 0.850. The Balaban J connectivity index is 1.87. The summed E-state index contributed by atoms with van der Waals surface area (Å²) in [4.78, 5) is 26.3. The van der Waals surface area contributed by atoms with Crippen molar-refractivity contribution in [2.24, 2.45) is 0 Å². The fourth-order valence-corrected chi connectivity index (χ4v) is 2.92. The second-order valence-corrected chi connectivity index (χ2v) is 6.28. The van der Waals surface area contributed by atoms with Crippen molar-refractivity contribution in [1.29, 1.82) is 0 Å². The van der Waals surface area contributed by atoms with E-state index in [1.807, 2.05) is 18.4 Å². The zero-order chi connectivity index (χ0) is 16.6. The van der Waals surface area contributed by atoms with Crippen LogP contribution >= 0.6 is 11.3 Å². The predicted molar refractivity (Wildman–Crippen MR) is 88.1 cm³/mol. The van der Waals surface area contributed by atoms with Crippen molar-refractivity contribution in [2.75, 3.05) is 14.1 Å². The third kappa shape index (κ3) is 2.98. The molecule has 0 spiro atoms. The number of fused-ring (bicyclic) bond motifs is 1. The second-order valence-electron chi connectivity index (χ2n) is 5.33. The summed E-state index contributed by atoms with van der Waals surface area (Å²) in [5, 5.41) is 1.97. The summed E-state index contributed by atoms with van der Waals surface area (Å²) < 4.78 is 10.8. The van der Waals surface area contributed by atoms with Crippen LogP contribution in [-0.4, -0.2) is 30.9 Å². The van der Waals surface area contributed by atoms with Crippen LogP contribution in [0.15, 0.2) is 35.4 Å². The molecule has 0 atom stereocenters. The van der Waals surface area contributed by atoms with Crippen LogP contribution < -0.4 is 9.47 Å². The van der Waals surface area contributed by atoms with Crippen LogP contribution in [0.3, 0.4) is 0 Å². The molecule has 118 valence electrons. The van der Waals surface area contributed by atoms with Crippen molar-refractivity contribution in [1.82, 2.24) is 4.90 Å². The molecule has 0 N–H and O–H groups in total. The SMILES string of the molecule is Cc1ccsc1/C=C1/Oc2cc(OC(=O)N(C)C)ccc2C1=O. The first kappa shape index (κ1) is 15.3. The van der Waals surface area contributed by atoms with Crippen LogP contribution in [0.1, 0.15) is 20.8 Å². The lowest BCUT2D eigenvalue weighted by molar-refractivity contribution is 0.101. The monoisotopic (exact) mass is 329 g/mol. The molecule has 1 aromatic carbocycles. The lowest BCUT2D eigenvalue weighted by atomic mass is 10.1. The average molecular weight is 329 g/mol. The second kappa shape index (κ2) is 5.89. The van der Waals surface area contributed by atoms with E-state index >= 15 is 0 Å². The first-order valence-corrected chi connectivity index (χ1v) is 7.85. The van der Waals surface area contributed by atoms with E-state index in [9.17, 15) is 9.59 Å². The zero-order valence-corrected chi connectivity index (χ0v) is 13.8. The van der Waals surface area contributed by atoms with E-state index in [-0.39, 0.29) is 11.5 Å². The first-order chi connectivity index (χ1) is 11.0. The quantitative estimate of drug-likeness (QED) is 0.788. The Morgan fingerprint density at radius 1 is 1.30 bits per heavy atom. The molecular formula is C17H15NO4S. The summed E-state index contributed by atoms with van der Waals surface area (Å²) in [5.41, 5.74) is 1.56. The highest BCUT2D eigenvalue weighted by Gasteiger charge is 2.28. The molecule has 1 aliphatic rings. The predicted octanol–water partition coefficient (Wildman–Crippen LogP) is 3.73. The number of aryl methyl sites for hydroxylation is 1. The van der Waals surface area contributed by atoms with Crippen LogP contribution in [0.5, 0.6) is 11.5 Å². The Kier molecular flexibility index (Phi) is 3.92. The lowest BCUT2D eigenvalue weighted by Gasteiger charge is -2.10. The zero-order valence-electron chi connectivity index (χ0n) is 13.0. The molecule has 0 saturated carbocycles. The van der Waals surface area contributed by atoms with Gasteiger partial charge in [-0.3, -0.25) is 4.79 Å². The molecular weight excluding hydrogens is 314 g/mol. The number of amides is 1. The number of ether oxygens (including phenoxy) is 2. The number of carbonyl (C=O) groups is 2. The number of Topliss-reactive ketones (excluding diaryl/α,β-unsaturated/α-hetero) is 1. The molecule has 0 saturated heterocycles. The number of thiophene rings is 1. The molecule has 1 aromatic heterocycles. The van der Waals surface area contributed by atoms with Gasteiger partial charge in [0, 0.05) is 31.1 Å². The topological polar surface area (TPSA) is 55.8 Å². The number of carbonyl (C=O) groups excluding carboxylic acids is 2. The Hall–Kier alpha value is -2.60. The lowest BCUT2D eigenvalue weighted by Crippen LogP contribution is -2.25. The number of benzene rings is 1. The molecule has 0 radical (unpaired) electrons. The standard InChI is InChI=1S/C17H15NO4S/c1-10-6-7-23-15(10)9-14-16(19)12-5-4-11(8-13(12)22-14)21-17(20)18(2)3/h4-9H,1-3H3/b14-9+. The molecule has 0 fully saturated rings. The van der Waals surface area contributed by atoms with Crippen molar-refractivity contribution in [3.63, 3.8) is 0 Å². The first-order valence-electron chi connectivity index (χ1n) is 6.97. The minimum atomic E-state index is -0.487. The van der Waals surface area contributed by atoms with Crippen LogP contribution in [0.25, 0.3) is 6.08 Å². The smallest absolute Gasteiger partial charge is 0.414 e. The van der Waals surface area contributed by atoms with Crippen molar-refractivity contribution in [3.8, 4) is 11.5 Å². The fraction of sp³-hybridized carbons (Fsp3) is 0.176. The van der Waals surface area contributed by atoms with Gasteiger partial charge >= 0.3 is 6.09 Å². The van der Waals surface area contributed by atoms with Gasteiger partial charge in [-0.1, -0.05) is 0 Å². The van der Waals surface area contributed by atoms with Crippen molar-refractivity contribution in [3.05, 3.63) is 51.4 Å². The van der Waals surface area contributed by atoms with E-state index in [2.05, 4.69) is 0 Å². The Labute approximate surface area is 137 Å². The third-order valence-electron chi connectivity index (χ3n) is 3.38. The van der Waals surface area contributed by atoms with Gasteiger partial charge in [0.15, 0.2) is 5.76 Å². The van der Waals surface area contributed by atoms with E-state index in [4.69, 9.17) is 9.47 Å². The maximum Gasteiger partial charge on any atom is 0.414 e. The Morgan fingerprint density at radius 3 is 2.74 bits per heavy atom. The minimum absolute atomic E-state index is 0.168. The molecule has 6 heteroatoms. The van der Waals surface area contributed by atoms with Gasteiger partial charge in [0.1, 0.15) is 11.5 Å². The number of nitrogens with zero attached hydrogens (tertiary/aromatic N) is 1. The average Bonchev–Trinajstić information content (AvgIpc) is 3.04. The van der Waals surface area contributed by atoms with E-state index in [0.29, 0.717) is 17.1 Å². The number of hydrogen-bond acceptors (Lipinski definition) is 5. The van der Waals surface area contributed by atoms with Gasteiger partial charge in [-0.2, -0.15) is 0 Å². The highest BCUT2D eigenvalue weighted by molar-refractivity contribution is 7.11. The highest BCUT2D eigenvalue weighted by atomic mass is 32.1. The molecule has 23 heavy (non-hydrogen) atoms. The number of allylic oxidation sites excluding steroid dienone is 1. The number of rotatable bonds is 2. The molecule has 1 aliphatic heterocycles. The summed E-state index contributed by atoms with van der Waals surface area (Å²) in [6.45, 7) is 1.98. The highest BCUT2D eigenvalue weighted by Crippen LogP contribution is 2.35. The molecule has 2 heterocycles. The van der Waals surface area contributed by atoms with Gasteiger partial charge in [0.2, 0.25) is 5.78 Å². The van der Waals surface area contributed by atoms with Crippen LogP contribution in [0.4, 0.5) is 4.79 Å². The molecule has 1 amide bonds. The minimum Gasteiger partial charge on any atom is -0.452 e. The molecule has 0 bridgehead atoms. The van der Waals surface area contributed by atoms with Gasteiger partial charge in [0.25, 0.3) is 0 Å². The van der Waals surface area contributed by atoms with Crippen LogP contribution in [0.2, 0.25) is 0 Å². The summed E-state index contributed by atoms with van der Waals surface area (Å²) in [6.07, 6.45) is 1.26. The Morgan fingerprint density at radius 2 is 2.09 bits per heavy atom. The van der Waals surface area contributed by atoms with E-state index in [0.717, 1.165) is 10.4 Å². The van der Waals surface area contributed by atoms with E-state index in [1.54, 1.807) is 49.7 Å². The van der Waals surface area contributed by atoms with Gasteiger partial charge in [0.05, 0.1) is 5.56 Å². The maximum absolute atomic E-state index is 12.4. The fourth-order valence-electron chi connectivity index (χ4n) is 2.07. The molecule has 3 rings (SSSR count). The van der Waals surface area contributed by atoms with E-state index < -0.39 is 6.09 Å². The molecule has 5 nitrogen and oxygen atoms in total. The van der Waals surface area contributed by atoms with Crippen molar-refractivity contribution >= 4 is 29.3 Å². The molecule has 0 unspecified atom stereocenters. The normalized spacial score (nSPS) is 14.6. The third-order valence-corrected chi connectivity index (χ3v) is 4.34. The Bertz CT molecular complexity index is 820. The van der Waals surface area contributed by atoms with Gasteiger partial charge in [-0.05, 0) is 36.1 Å². The van der Waals surface area contributed by atoms with Gasteiger partial charge in [-0.15, -0.1) is 11.3 Å². The van der Waals surface area contributed by atoms with Crippen LogP contribution in [-0.2, 0) is 0 Å². The summed E-state index contributed by atoms with van der Waals surface area (Å²) in [7, 11) is 3.19. The summed E-state index contributed by atoms with van der Waals surface area (Å²) in [6, 6.07) is 6.73. The molecule has 0 aliphatic carbocycles. The van der Waals surface area contributed by atoms with Crippen molar-refractivity contribution < 1.29 is 19.1 Å². The van der Waals surface area contributed by atoms with Gasteiger partial charge in [-0.25, -0.2) is 4.79 Å². The van der Waals surface area contributed by atoms with Crippen LogP contribution in [0, 0.1) is 6.92 Å². The van der Waals surface area contributed by atoms with Gasteiger partial charge < -0.3 is 14.4 Å². The van der Waals surface area contributed by atoms with Crippen molar-refractivity contribution in [2.45, 2.75) is 6.92 Å². The largest absolute Gasteiger partial charge is 0.452 e. The molecule has 2 aromatic rings. The van der Waals surface area contributed by atoms with E-state index in [1.165, 1.54) is 4.90 Å². The maximum atomic E-state index is 12.4. The number of ketones is 1. The summed E-state index contributed by atoms with van der Waals surface area (Å²) >= 11 is 1.55. The number of hydrogen-bond donors (Lipinski definition) is 0.